The molecule has 0 aliphatic carbocycles. The molecule has 0 radical (unpaired) electrons. The average molecular weight is 406 g/mol. The van der Waals surface area contributed by atoms with Crippen molar-refractivity contribution < 1.29 is 24.0 Å². The monoisotopic (exact) mass is 406 g/mol. The lowest BCUT2D eigenvalue weighted by atomic mass is 10.1. The summed E-state index contributed by atoms with van der Waals surface area (Å²) >= 11 is 0. The molecule has 0 aromatic heterocycles. The van der Waals surface area contributed by atoms with Crippen LogP contribution in [-0.4, -0.2) is 55.0 Å². The molecule has 1 aliphatic heterocycles. The van der Waals surface area contributed by atoms with E-state index >= 15 is 0 Å². The van der Waals surface area contributed by atoms with Crippen LogP contribution in [0.5, 0.6) is 0 Å². The van der Waals surface area contributed by atoms with Gasteiger partial charge in [-0.15, -0.1) is 0 Å². The van der Waals surface area contributed by atoms with Crippen molar-refractivity contribution in [1.29, 1.82) is 0 Å². The van der Waals surface area contributed by atoms with Crippen molar-refractivity contribution in [1.82, 2.24) is 10.6 Å². The summed E-state index contributed by atoms with van der Waals surface area (Å²) in [6.07, 6.45) is 3.02. The summed E-state index contributed by atoms with van der Waals surface area (Å²) < 4.78 is 4.93. The number of nitrogens with one attached hydrogen (secondary N) is 2. The van der Waals surface area contributed by atoms with Crippen LogP contribution in [0.15, 0.2) is 18.2 Å². The van der Waals surface area contributed by atoms with Gasteiger partial charge in [0.15, 0.2) is 6.61 Å². The SMILES string of the molecule is CCNC(=O)[C@@H](C)NC(=O)COC(=O)c1ccc(N2CCCCC2)c([N+](=O)[O-])c1. The second-order valence-corrected chi connectivity index (χ2v) is 6.77. The Hall–Kier alpha value is -3.17. The molecular formula is C19H26N4O6. The van der Waals surface area contributed by atoms with Gasteiger partial charge in [-0.25, -0.2) is 4.79 Å². The van der Waals surface area contributed by atoms with E-state index in [2.05, 4.69) is 10.6 Å². The standard InChI is InChI=1S/C19H26N4O6/c1-3-20-18(25)13(2)21-17(24)12-29-19(26)14-7-8-15(16(11-14)23(27)28)22-9-5-4-6-10-22/h7-8,11,13H,3-6,9-10,12H2,1-2H3,(H,20,25)(H,21,24)/t13-/m1/s1. The predicted octanol–water partition coefficient (Wildman–Crippen LogP) is 1.38. The van der Waals surface area contributed by atoms with E-state index in [-0.39, 0.29) is 17.2 Å². The third kappa shape index (κ3) is 6.16. The third-order valence-corrected chi connectivity index (χ3v) is 4.56. The first-order valence-electron chi connectivity index (χ1n) is 9.61. The molecule has 1 heterocycles. The number of amides is 2. The molecule has 1 atom stereocenters. The van der Waals surface area contributed by atoms with Gasteiger partial charge in [0, 0.05) is 25.7 Å². The topological polar surface area (TPSA) is 131 Å². The molecule has 2 N–H and O–H groups in total. The predicted molar refractivity (Wildman–Crippen MR) is 106 cm³/mol. The lowest BCUT2D eigenvalue weighted by Gasteiger charge is -2.28. The molecule has 1 aromatic rings. The van der Waals surface area contributed by atoms with E-state index in [0.29, 0.717) is 12.2 Å². The van der Waals surface area contributed by atoms with Crippen molar-refractivity contribution in [2.24, 2.45) is 0 Å². The zero-order valence-corrected chi connectivity index (χ0v) is 16.6. The van der Waals surface area contributed by atoms with Gasteiger partial charge in [0.2, 0.25) is 5.91 Å². The van der Waals surface area contributed by atoms with E-state index in [1.165, 1.54) is 25.1 Å². The van der Waals surface area contributed by atoms with Crippen molar-refractivity contribution in [3.8, 4) is 0 Å². The normalized spacial score (nSPS) is 14.6. The van der Waals surface area contributed by atoms with Gasteiger partial charge in [-0.1, -0.05) is 0 Å². The fourth-order valence-corrected chi connectivity index (χ4v) is 3.09. The number of hydrogen-bond acceptors (Lipinski definition) is 7. The van der Waals surface area contributed by atoms with Crippen molar-refractivity contribution in [2.75, 3.05) is 31.1 Å². The summed E-state index contributed by atoms with van der Waals surface area (Å²) in [7, 11) is 0. The van der Waals surface area contributed by atoms with Gasteiger partial charge in [0.05, 0.1) is 10.5 Å². The Morgan fingerprint density at radius 2 is 1.93 bits per heavy atom. The second-order valence-electron chi connectivity index (χ2n) is 6.77. The van der Waals surface area contributed by atoms with Gasteiger partial charge < -0.3 is 20.3 Å². The molecule has 1 aliphatic rings. The minimum Gasteiger partial charge on any atom is -0.452 e. The first kappa shape index (κ1) is 22.1. The number of carbonyl (C=O) groups excluding carboxylic acids is 3. The lowest BCUT2D eigenvalue weighted by molar-refractivity contribution is -0.384. The zero-order chi connectivity index (χ0) is 21.4. The van der Waals surface area contributed by atoms with Gasteiger partial charge in [0.25, 0.3) is 11.6 Å². The van der Waals surface area contributed by atoms with E-state index in [4.69, 9.17) is 4.74 Å². The summed E-state index contributed by atoms with van der Waals surface area (Å²) in [6.45, 7) is 4.56. The maximum Gasteiger partial charge on any atom is 0.338 e. The van der Waals surface area contributed by atoms with Crippen LogP contribution < -0.4 is 15.5 Å². The van der Waals surface area contributed by atoms with Gasteiger partial charge >= 0.3 is 5.97 Å². The molecule has 2 rings (SSSR count). The fraction of sp³-hybridized carbons (Fsp3) is 0.526. The largest absolute Gasteiger partial charge is 0.452 e. The lowest BCUT2D eigenvalue weighted by Crippen LogP contribution is -2.46. The maximum atomic E-state index is 12.2. The highest BCUT2D eigenvalue weighted by molar-refractivity contribution is 5.93. The average Bonchev–Trinajstić information content (AvgIpc) is 2.72. The number of benzene rings is 1. The maximum absolute atomic E-state index is 12.2. The highest BCUT2D eigenvalue weighted by atomic mass is 16.6. The van der Waals surface area contributed by atoms with Crippen molar-refractivity contribution in [2.45, 2.75) is 39.2 Å². The summed E-state index contributed by atoms with van der Waals surface area (Å²) in [5.41, 5.74) is 0.289. The van der Waals surface area contributed by atoms with E-state index in [9.17, 15) is 24.5 Å². The Bertz CT molecular complexity index is 776. The number of rotatable bonds is 8. The van der Waals surface area contributed by atoms with Crippen LogP contribution in [0.4, 0.5) is 11.4 Å². The minimum absolute atomic E-state index is 0.0120. The second kappa shape index (κ2) is 10.4. The van der Waals surface area contributed by atoms with Crippen LogP contribution in [0.2, 0.25) is 0 Å². The van der Waals surface area contributed by atoms with Crippen LogP contribution >= 0.6 is 0 Å². The molecule has 10 heteroatoms. The molecule has 0 unspecified atom stereocenters. The number of nitro benzene ring substituents is 1. The van der Waals surface area contributed by atoms with Crippen LogP contribution in [0.3, 0.4) is 0 Å². The minimum atomic E-state index is -0.848. The number of carbonyl (C=O) groups is 3. The number of ether oxygens (including phenoxy) is 1. The Balaban J connectivity index is 1.99. The van der Waals surface area contributed by atoms with Gasteiger partial charge in [-0.3, -0.25) is 19.7 Å². The van der Waals surface area contributed by atoms with Crippen LogP contribution in [0.25, 0.3) is 0 Å². The molecule has 0 saturated carbocycles. The van der Waals surface area contributed by atoms with Crippen LogP contribution in [0.1, 0.15) is 43.5 Å². The van der Waals surface area contributed by atoms with Gasteiger partial charge in [-0.05, 0) is 45.2 Å². The van der Waals surface area contributed by atoms with Gasteiger partial charge in [0.1, 0.15) is 11.7 Å². The Morgan fingerprint density at radius 1 is 1.24 bits per heavy atom. The van der Waals surface area contributed by atoms with Crippen molar-refractivity contribution in [3.63, 3.8) is 0 Å². The molecule has 1 saturated heterocycles. The third-order valence-electron chi connectivity index (χ3n) is 4.56. The van der Waals surface area contributed by atoms with E-state index < -0.39 is 29.4 Å². The molecule has 10 nitrogen and oxygen atoms in total. The molecule has 0 spiro atoms. The number of nitrogens with zero attached hydrogens (tertiary/aromatic N) is 2. The molecule has 29 heavy (non-hydrogen) atoms. The molecule has 1 aromatic carbocycles. The molecule has 1 fully saturated rings. The highest BCUT2D eigenvalue weighted by Gasteiger charge is 2.24. The zero-order valence-electron chi connectivity index (χ0n) is 16.6. The number of esters is 1. The summed E-state index contributed by atoms with van der Waals surface area (Å²) in [6, 6.07) is 3.39. The highest BCUT2D eigenvalue weighted by Crippen LogP contribution is 2.31. The summed E-state index contributed by atoms with van der Waals surface area (Å²) in [5.74, 6) is -1.84. The fourth-order valence-electron chi connectivity index (χ4n) is 3.09. The van der Waals surface area contributed by atoms with Crippen LogP contribution in [-0.2, 0) is 14.3 Å². The molecule has 0 bridgehead atoms. The Morgan fingerprint density at radius 3 is 2.55 bits per heavy atom. The molecule has 158 valence electrons. The van der Waals surface area contributed by atoms with E-state index in [1.807, 2.05) is 4.90 Å². The molecule has 2 amide bonds. The Labute approximate surface area is 168 Å². The number of nitro groups is 1. The smallest absolute Gasteiger partial charge is 0.338 e. The first-order chi connectivity index (χ1) is 13.8. The van der Waals surface area contributed by atoms with E-state index in [1.54, 1.807) is 6.92 Å². The summed E-state index contributed by atoms with van der Waals surface area (Å²) in [5, 5.41) is 16.4. The number of likely N-dealkylation sites (N-methyl/N-ethyl adjacent to an activating group) is 1. The summed E-state index contributed by atoms with van der Waals surface area (Å²) in [4.78, 5) is 48.5. The first-order valence-corrected chi connectivity index (χ1v) is 9.61. The number of anilines is 1. The quantitative estimate of drug-likeness (QED) is 0.379. The molecular weight excluding hydrogens is 380 g/mol. The van der Waals surface area contributed by atoms with Crippen molar-refractivity contribution in [3.05, 3.63) is 33.9 Å². The van der Waals surface area contributed by atoms with Crippen LogP contribution in [0, 0.1) is 10.1 Å². The number of hydrogen-bond donors (Lipinski definition) is 2. The number of piperidine rings is 1. The van der Waals surface area contributed by atoms with Crippen molar-refractivity contribution >= 4 is 29.2 Å². The Kier molecular flexibility index (Phi) is 7.93. The van der Waals surface area contributed by atoms with Gasteiger partial charge in [-0.2, -0.15) is 0 Å². The van der Waals surface area contributed by atoms with E-state index in [0.717, 1.165) is 32.4 Å².